The third-order valence-corrected chi connectivity index (χ3v) is 4.03. The molecule has 0 spiro atoms. The van der Waals surface area contributed by atoms with Crippen molar-refractivity contribution in [3.63, 3.8) is 0 Å². The number of para-hydroxylation sites is 1. The fourth-order valence-electron chi connectivity index (χ4n) is 2.23. The van der Waals surface area contributed by atoms with E-state index in [0.29, 0.717) is 10.8 Å². The molecular weight excluding hydrogens is 372 g/mol. The van der Waals surface area contributed by atoms with Gasteiger partial charge in [-0.2, -0.15) is 0 Å². The van der Waals surface area contributed by atoms with Crippen LogP contribution in [0.3, 0.4) is 0 Å². The molecule has 2 heterocycles. The lowest BCUT2D eigenvalue weighted by atomic mass is 10.2. The Balaban J connectivity index is 1.98. The Hall–Kier alpha value is -3.60. The lowest BCUT2D eigenvalue weighted by molar-refractivity contribution is -0.383. The van der Waals surface area contributed by atoms with Crippen LogP contribution in [0.4, 0.5) is 28.1 Å². The first-order valence-corrected chi connectivity index (χ1v) is 8.67. The van der Waals surface area contributed by atoms with Crippen LogP contribution in [0.25, 0.3) is 0 Å². The second-order valence-electron chi connectivity index (χ2n) is 5.03. The Morgan fingerprint density at radius 1 is 1.22 bits per heavy atom. The van der Waals surface area contributed by atoms with Crippen molar-refractivity contribution in [1.29, 1.82) is 0 Å². The first-order valence-electron chi connectivity index (χ1n) is 7.79. The fraction of sp³-hybridized carbons (Fsp3) is 0.125. The van der Waals surface area contributed by atoms with Gasteiger partial charge in [0.05, 0.1) is 22.8 Å². The molecular formula is C16H14N6O4S. The Morgan fingerprint density at radius 2 is 1.96 bits per heavy atom. The van der Waals surface area contributed by atoms with Crippen molar-refractivity contribution >= 4 is 45.4 Å². The number of rotatable bonds is 7. The predicted octanol–water partition coefficient (Wildman–Crippen LogP) is 3.51. The monoisotopic (exact) mass is 386 g/mol. The maximum atomic E-state index is 12.1. The second-order valence-corrected chi connectivity index (χ2v) is 5.92. The summed E-state index contributed by atoms with van der Waals surface area (Å²) in [6.07, 6.45) is 2.74. The Kier molecular flexibility index (Phi) is 5.52. The molecule has 0 aliphatic carbocycles. The standard InChI is InChI=1S/C16H14N6O4S/c1-2-26-15(23)10-5-3-4-6-11(10)20-13-12(22(24)25)14(19-9-18-13)21-16-17-7-8-27-16/h3-9H,2H2,1H3,(H2,17,18,19,20,21). The third-order valence-electron chi connectivity index (χ3n) is 3.34. The first kappa shape index (κ1) is 18.2. The fourth-order valence-corrected chi connectivity index (χ4v) is 2.76. The highest BCUT2D eigenvalue weighted by atomic mass is 32.1. The number of carbonyl (C=O) groups is 1. The summed E-state index contributed by atoms with van der Waals surface area (Å²) in [6.45, 7) is 1.91. The van der Waals surface area contributed by atoms with Crippen molar-refractivity contribution < 1.29 is 14.5 Å². The van der Waals surface area contributed by atoms with Gasteiger partial charge in [-0.15, -0.1) is 11.3 Å². The zero-order valence-electron chi connectivity index (χ0n) is 14.1. The Morgan fingerprint density at radius 3 is 2.63 bits per heavy atom. The van der Waals surface area contributed by atoms with E-state index in [2.05, 4.69) is 25.6 Å². The van der Waals surface area contributed by atoms with Gasteiger partial charge in [0, 0.05) is 11.6 Å². The summed E-state index contributed by atoms with van der Waals surface area (Å²) in [5, 5.41) is 19.4. The number of benzene rings is 1. The van der Waals surface area contributed by atoms with E-state index in [1.807, 2.05) is 0 Å². The molecule has 0 bridgehead atoms. The first-order chi connectivity index (χ1) is 13.1. The number of nitro groups is 1. The van der Waals surface area contributed by atoms with Gasteiger partial charge >= 0.3 is 11.7 Å². The molecule has 27 heavy (non-hydrogen) atoms. The van der Waals surface area contributed by atoms with Crippen molar-refractivity contribution in [2.24, 2.45) is 0 Å². The van der Waals surface area contributed by atoms with E-state index in [1.54, 1.807) is 42.8 Å². The van der Waals surface area contributed by atoms with Gasteiger partial charge in [0.25, 0.3) is 0 Å². The van der Waals surface area contributed by atoms with Crippen LogP contribution in [0.15, 0.2) is 42.2 Å². The minimum Gasteiger partial charge on any atom is -0.462 e. The van der Waals surface area contributed by atoms with E-state index in [-0.39, 0.29) is 29.5 Å². The molecule has 0 atom stereocenters. The van der Waals surface area contributed by atoms with Crippen LogP contribution in [-0.2, 0) is 4.74 Å². The molecule has 138 valence electrons. The normalized spacial score (nSPS) is 10.3. The molecule has 3 rings (SSSR count). The van der Waals surface area contributed by atoms with Crippen molar-refractivity contribution in [2.45, 2.75) is 6.92 Å². The topological polar surface area (TPSA) is 132 Å². The zero-order chi connectivity index (χ0) is 19.2. The summed E-state index contributed by atoms with van der Waals surface area (Å²) in [7, 11) is 0. The van der Waals surface area contributed by atoms with E-state index in [1.165, 1.54) is 17.7 Å². The lowest BCUT2D eigenvalue weighted by Gasteiger charge is -2.12. The van der Waals surface area contributed by atoms with Crippen LogP contribution < -0.4 is 10.6 Å². The predicted molar refractivity (Wildman–Crippen MR) is 99.8 cm³/mol. The molecule has 0 saturated carbocycles. The van der Waals surface area contributed by atoms with Crippen LogP contribution in [0.2, 0.25) is 0 Å². The van der Waals surface area contributed by atoms with E-state index in [0.717, 1.165) is 0 Å². The van der Waals surface area contributed by atoms with Gasteiger partial charge in [0.1, 0.15) is 6.33 Å². The van der Waals surface area contributed by atoms with E-state index >= 15 is 0 Å². The van der Waals surface area contributed by atoms with Crippen molar-refractivity contribution in [2.75, 3.05) is 17.2 Å². The summed E-state index contributed by atoms with van der Waals surface area (Å²) < 4.78 is 5.01. The summed E-state index contributed by atoms with van der Waals surface area (Å²) >= 11 is 1.27. The Labute approximate surface area is 157 Å². The minimum atomic E-state index is -0.606. The number of hydrogen-bond acceptors (Lipinski definition) is 10. The van der Waals surface area contributed by atoms with Crippen LogP contribution >= 0.6 is 11.3 Å². The molecule has 0 aliphatic heterocycles. The number of hydrogen-bond donors (Lipinski definition) is 2. The van der Waals surface area contributed by atoms with E-state index < -0.39 is 10.9 Å². The van der Waals surface area contributed by atoms with E-state index in [9.17, 15) is 14.9 Å². The number of nitrogens with zero attached hydrogens (tertiary/aromatic N) is 4. The smallest absolute Gasteiger partial charge is 0.353 e. The van der Waals surface area contributed by atoms with Gasteiger partial charge in [0.15, 0.2) is 5.13 Å². The second kappa shape index (κ2) is 8.19. The summed E-state index contributed by atoms with van der Waals surface area (Å²) in [6, 6.07) is 6.52. The number of aromatic nitrogens is 3. The third kappa shape index (κ3) is 4.15. The van der Waals surface area contributed by atoms with Crippen LogP contribution in [0, 0.1) is 10.1 Å². The van der Waals surface area contributed by atoms with Gasteiger partial charge in [-0.25, -0.2) is 19.7 Å². The highest BCUT2D eigenvalue weighted by molar-refractivity contribution is 7.13. The molecule has 0 saturated heterocycles. The largest absolute Gasteiger partial charge is 0.462 e. The molecule has 0 fully saturated rings. The summed E-state index contributed by atoms with van der Waals surface area (Å²) in [5.74, 6) is -0.620. The molecule has 1 aromatic carbocycles. The molecule has 10 nitrogen and oxygen atoms in total. The maximum Gasteiger partial charge on any atom is 0.353 e. The van der Waals surface area contributed by atoms with Gasteiger partial charge in [-0.3, -0.25) is 10.1 Å². The maximum absolute atomic E-state index is 12.1. The van der Waals surface area contributed by atoms with Crippen LogP contribution in [0.1, 0.15) is 17.3 Å². The zero-order valence-corrected chi connectivity index (χ0v) is 14.9. The van der Waals surface area contributed by atoms with Crippen LogP contribution in [0.5, 0.6) is 0 Å². The number of ether oxygens (including phenoxy) is 1. The average Bonchev–Trinajstić information content (AvgIpc) is 3.15. The highest BCUT2D eigenvalue weighted by Crippen LogP contribution is 2.34. The number of thiazole rings is 1. The van der Waals surface area contributed by atoms with Crippen molar-refractivity contribution in [3.8, 4) is 0 Å². The lowest BCUT2D eigenvalue weighted by Crippen LogP contribution is -2.10. The number of carbonyl (C=O) groups excluding carboxylic acids is 1. The number of anilines is 4. The van der Waals surface area contributed by atoms with Gasteiger partial charge in [-0.1, -0.05) is 12.1 Å². The molecule has 3 aromatic rings. The number of nitrogens with one attached hydrogen (secondary N) is 2. The molecule has 2 aromatic heterocycles. The van der Waals surface area contributed by atoms with Crippen molar-refractivity contribution in [3.05, 3.63) is 57.8 Å². The molecule has 0 unspecified atom stereocenters. The summed E-state index contributed by atoms with van der Waals surface area (Å²) in [5.41, 5.74) is 0.200. The van der Waals surface area contributed by atoms with Gasteiger partial charge < -0.3 is 15.4 Å². The molecule has 0 radical (unpaired) electrons. The molecule has 11 heteroatoms. The average molecular weight is 386 g/mol. The SMILES string of the molecule is CCOC(=O)c1ccccc1Nc1ncnc(Nc2nccs2)c1[N+](=O)[O-]. The van der Waals surface area contributed by atoms with E-state index in [4.69, 9.17) is 4.74 Å². The number of esters is 1. The Bertz CT molecular complexity index is 963. The highest BCUT2D eigenvalue weighted by Gasteiger charge is 2.25. The molecule has 2 N–H and O–H groups in total. The quantitative estimate of drug-likeness (QED) is 0.355. The molecule has 0 amide bonds. The minimum absolute atomic E-state index is 0.0129. The van der Waals surface area contributed by atoms with Gasteiger partial charge in [0.2, 0.25) is 11.6 Å². The molecule has 0 aliphatic rings. The van der Waals surface area contributed by atoms with Crippen LogP contribution in [-0.4, -0.2) is 32.5 Å². The summed E-state index contributed by atoms with van der Waals surface area (Å²) in [4.78, 5) is 35.0. The van der Waals surface area contributed by atoms with Gasteiger partial charge in [-0.05, 0) is 19.1 Å². The van der Waals surface area contributed by atoms with Crippen molar-refractivity contribution in [1.82, 2.24) is 15.0 Å².